The van der Waals surface area contributed by atoms with E-state index in [9.17, 15) is 0 Å². The van der Waals surface area contributed by atoms with Crippen LogP contribution in [-0.4, -0.2) is 43.8 Å². The summed E-state index contributed by atoms with van der Waals surface area (Å²) in [5, 5.41) is 3.40. The maximum atomic E-state index is 5.07. The Bertz CT molecular complexity index is 330. The Hall–Kier alpha value is -1.36. The van der Waals surface area contributed by atoms with Gasteiger partial charge < -0.3 is 15.0 Å². The van der Waals surface area contributed by atoms with Gasteiger partial charge in [0, 0.05) is 26.2 Å². The van der Waals surface area contributed by atoms with Gasteiger partial charge in [-0.2, -0.15) is 0 Å². The molecule has 0 aliphatic heterocycles. The molecule has 0 atom stereocenters. The molecule has 0 spiro atoms. The summed E-state index contributed by atoms with van der Waals surface area (Å²) in [5.74, 6) is 2.15. The minimum Gasteiger partial charge on any atom is -0.481 e. The van der Waals surface area contributed by atoms with Crippen LogP contribution in [0.2, 0.25) is 0 Å². The molecule has 0 aliphatic rings. The minimum atomic E-state index is 0.594. The van der Waals surface area contributed by atoms with Crippen molar-refractivity contribution in [3.05, 3.63) is 12.4 Å². The molecular formula is C12H22N4O. The highest BCUT2D eigenvalue weighted by atomic mass is 16.5. The normalized spacial score (nSPS) is 10.6. The van der Waals surface area contributed by atoms with E-state index in [1.807, 2.05) is 13.1 Å². The molecule has 0 aliphatic carbocycles. The summed E-state index contributed by atoms with van der Waals surface area (Å²) in [6.45, 7) is 7.30. The number of aromatic nitrogens is 2. The van der Waals surface area contributed by atoms with Crippen molar-refractivity contribution in [1.82, 2.24) is 15.3 Å². The molecule has 1 aromatic heterocycles. The Morgan fingerprint density at radius 3 is 2.82 bits per heavy atom. The zero-order valence-electron chi connectivity index (χ0n) is 11.1. The van der Waals surface area contributed by atoms with Gasteiger partial charge in [-0.3, -0.25) is 0 Å². The Kier molecular flexibility index (Phi) is 5.69. The number of ether oxygens (including phenoxy) is 1. The molecule has 0 aromatic carbocycles. The van der Waals surface area contributed by atoms with Crippen LogP contribution in [0.15, 0.2) is 12.4 Å². The van der Waals surface area contributed by atoms with Gasteiger partial charge >= 0.3 is 0 Å². The van der Waals surface area contributed by atoms with E-state index in [1.165, 1.54) is 6.33 Å². The molecule has 1 N–H and O–H groups in total. The van der Waals surface area contributed by atoms with Gasteiger partial charge in [-0.15, -0.1) is 0 Å². The maximum absolute atomic E-state index is 5.07. The van der Waals surface area contributed by atoms with Crippen LogP contribution >= 0.6 is 0 Å². The van der Waals surface area contributed by atoms with Gasteiger partial charge in [-0.1, -0.05) is 13.8 Å². The summed E-state index contributed by atoms with van der Waals surface area (Å²) < 4.78 is 5.07. The van der Waals surface area contributed by atoms with Crippen LogP contribution in [0, 0.1) is 5.92 Å². The first kappa shape index (κ1) is 13.7. The first-order valence-electron chi connectivity index (χ1n) is 5.91. The average molecular weight is 238 g/mol. The minimum absolute atomic E-state index is 0.594. The van der Waals surface area contributed by atoms with Gasteiger partial charge in [0.25, 0.3) is 0 Å². The van der Waals surface area contributed by atoms with Crippen LogP contribution in [0.5, 0.6) is 5.88 Å². The van der Waals surface area contributed by atoms with Crippen molar-refractivity contribution >= 4 is 5.82 Å². The third kappa shape index (κ3) is 4.99. The number of nitrogens with zero attached hydrogens (tertiary/aromatic N) is 3. The lowest BCUT2D eigenvalue weighted by atomic mass is 10.2. The van der Waals surface area contributed by atoms with Gasteiger partial charge in [-0.05, 0) is 12.5 Å². The predicted molar refractivity (Wildman–Crippen MR) is 69.6 cm³/mol. The van der Waals surface area contributed by atoms with E-state index in [0.717, 1.165) is 25.5 Å². The lowest BCUT2D eigenvalue weighted by Crippen LogP contribution is -2.31. The Labute approximate surface area is 103 Å². The molecule has 0 saturated heterocycles. The Morgan fingerprint density at radius 1 is 1.41 bits per heavy atom. The standard InChI is InChI=1S/C12H22N4O/c1-10(2)8-13-5-6-16(3)11-7-12(17-4)15-9-14-11/h7,9-10,13H,5-6,8H2,1-4H3. The van der Waals surface area contributed by atoms with Crippen LogP contribution < -0.4 is 15.0 Å². The molecule has 5 nitrogen and oxygen atoms in total. The van der Waals surface area contributed by atoms with E-state index in [4.69, 9.17) is 4.74 Å². The fraction of sp³-hybridized carbons (Fsp3) is 0.667. The average Bonchev–Trinajstić information content (AvgIpc) is 2.34. The molecule has 1 aromatic rings. The molecule has 1 heterocycles. The molecule has 96 valence electrons. The summed E-state index contributed by atoms with van der Waals surface area (Å²) in [6.07, 6.45) is 1.52. The Balaban J connectivity index is 2.38. The van der Waals surface area contributed by atoms with Crippen molar-refractivity contribution in [2.24, 2.45) is 5.92 Å². The van der Waals surface area contributed by atoms with Crippen molar-refractivity contribution in [3.8, 4) is 5.88 Å². The molecule has 0 radical (unpaired) electrons. The SMILES string of the molecule is COc1cc(N(C)CCNCC(C)C)ncn1. The number of hydrogen-bond donors (Lipinski definition) is 1. The predicted octanol–water partition coefficient (Wildman–Crippen LogP) is 1.17. The van der Waals surface area contributed by atoms with Gasteiger partial charge in [0.1, 0.15) is 12.1 Å². The number of nitrogens with one attached hydrogen (secondary N) is 1. The zero-order valence-corrected chi connectivity index (χ0v) is 11.1. The summed E-state index contributed by atoms with van der Waals surface area (Å²) in [4.78, 5) is 10.3. The number of anilines is 1. The first-order chi connectivity index (χ1) is 8.13. The number of rotatable bonds is 7. The van der Waals surface area contributed by atoms with Crippen molar-refractivity contribution in [1.29, 1.82) is 0 Å². The van der Waals surface area contributed by atoms with E-state index in [0.29, 0.717) is 11.8 Å². The van der Waals surface area contributed by atoms with E-state index < -0.39 is 0 Å². The van der Waals surface area contributed by atoms with Crippen molar-refractivity contribution in [3.63, 3.8) is 0 Å². The van der Waals surface area contributed by atoms with E-state index in [1.54, 1.807) is 7.11 Å². The highest BCUT2D eigenvalue weighted by Crippen LogP contribution is 2.13. The van der Waals surface area contributed by atoms with E-state index in [-0.39, 0.29) is 0 Å². The van der Waals surface area contributed by atoms with Crippen LogP contribution in [0.25, 0.3) is 0 Å². The highest BCUT2D eigenvalue weighted by Gasteiger charge is 2.04. The largest absolute Gasteiger partial charge is 0.481 e. The maximum Gasteiger partial charge on any atom is 0.218 e. The summed E-state index contributed by atoms with van der Waals surface area (Å²) in [6, 6.07) is 1.84. The number of methoxy groups -OCH3 is 1. The van der Waals surface area contributed by atoms with Crippen LogP contribution in [0.3, 0.4) is 0 Å². The molecule has 0 amide bonds. The second kappa shape index (κ2) is 7.06. The Morgan fingerprint density at radius 2 is 2.18 bits per heavy atom. The van der Waals surface area contributed by atoms with Gasteiger partial charge in [0.15, 0.2) is 0 Å². The summed E-state index contributed by atoms with van der Waals surface area (Å²) in [5.41, 5.74) is 0. The smallest absolute Gasteiger partial charge is 0.218 e. The van der Waals surface area contributed by atoms with Crippen molar-refractivity contribution in [2.75, 3.05) is 38.7 Å². The van der Waals surface area contributed by atoms with Gasteiger partial charge in [0.05, 0.1) is 7.11 Å². The fourth-order valence-electron chi connectivity index (χ4n) is 1.40. The van der Waals surface area contributed by atoms with Crippen LogP contribution in [0.1, 0.15) is 13.8 Å². The van der Waals surface area contributed by atoms with E-state index in [2.05, 4.69) is 34.0 Å². The molecule has 0 bridgehead atoms. The third-order valence-corrected chi connectivity index (χ3v) is 2.40. The second-order valence-corrected chi connectivity index (χ2v) is 4.44. The van der Waals surface area contributed by atoms with Gasteiger partial charge in [-0.25, -0.2) is 9.97 Å². The molecule has 0 fully saturated rings. The fourth-order valence-corrected chi connectivity index (χ4v) is 1.40. The van der Waals surface area contributed by atoms with Crippen molar-refractivity contribution in [2.45, 2.75) is 13.8 Å². The van der Waals surface area contributed by atoms with E-state index >= 15 is 0 Å². The van der Waals surface area contributed by atoms with Crippen LogP contribution in [-0.2, 0) is 0 Å². The lowest BCUT2D eigenvalue weighted by molar-refractivity contribution is 0.397. The first-order valence-corrected chi connectivity index (χ1v) is 5.91. The summed E-state index contributed by atoms with van der Waals surface area (Å²) in [7, 11) is 3.62. The lowest BCUT2D eigenvalue weighted by Gasteiger charge is -2.18. The molecule has 5 heteroatoms. The summed E-state index contributed by atoms with van der Waals surface area (Å²) >= 11 is 0. The number of likely N-dealkylation sites (N-methyl/N-ethyl adjacent to an activating group) is 1. The quantitative estimate of drug-likeness (QED) is 0.723. The number of hydrogen-bond acceptors (Lipinski definition) is 5. The third-order valence-electron chi connectivity index (χ3n) is 2.40. The molecule has 0 saturated carbocycles. The highest BCUT2D eigenvalue weighted by molar-refractivity contribution is 5.39. The van der Waals surface area contributed by atoms with Gasteiger partial charge in [0.2, 0.25) is 5.88 Å². The topological polar surface area (TPSA) is 50.3 Å². The van der Waals surface area contributed by atoms with Crippen LogP contribution in [0.4, 0.5) is 5.82 Å². The molecule has 1 rings (SSSR count). The molecule has 17 heavy (non-hydrogen) atoms. The zero-order chi connectivity index (χ0) is 12.7. The second-order valence-electron chi connectivity index (χ2n) is 4.44. The monoisotopic (exact) mass is 238 g/mol. The van der Waals surface area contributed by atoms with Crippen molar-refractivity contribution < 1.29 is 4.74 Å². The molecule has 0 unspecified atom stereocenters. The molecular weight excluding hydrogens is 216 g/mol.